The largest absolute Gasteiger partial charge is 0.508 e. The molecule has 4 aromatic rings. The first-order valence-corrected chi connectivity index (χ1v) is 14.7. The number of ether oxygens (including phenoxy) is 2. The number of aliphatic hydroxyl groups is 1. The summed E-state index contributed by atoms with van der Waals surface area (Å²) in [6.07, 6.45) is 6.34. The van der Waals surface area contributed by atoms with Gasteiger partial charge in [0.15, 0.2) is 5.82 Å². The van der Waals surface area contributed by atoms with E-state index in [1.165, 1.54) is 30.3 Å². The van der Waals surface area contributed by atoms with Crippen molar-refractivity contribution in [1.82, 2.24) is 14.9 Å². The van der Waals surface area contributed by atoms with E-state index in [0.29, 0.717) is 49.3 Å². The summed E-state index contributed by atoms with van der Waals surface area (Å²) in [5.74, 6) is 1.27. The Labute approximate surface area is 252 Å². The Morgan fingerprint density at radius 3 is 2.80 bits per heavy atom. The lowest BCUT2D eigenvalue weighted by atomic mass is 9.93. The summed E-state index contributed by atoms with van der Waals surface area (Å²) >= 11 is 0. The molecule has 3 fully saturated rings. The van der Waals surface area contributed by atoms with Gasteiger partial charge < -0.3 is 24.6 Å². The van der Waals surface area contributed by atoms with Crippen LogP contribution in [-0.4, -0.2) is 88.9 Å². The molecule has 0 amide bonds. The van der Waals surface area contributed by atoms with Gasteiger partial charge in [-0.15, -0.1) is 6.42 Å². The zero-order valence-electron chi connectivity index (χ0n) is 23.9. The Kier molecular flexibility index (Phi) is 7.23. The number of terminal acetylenes is 1. The van der Waals surface area contributed by atoms with Crippen molar-refractivity contribution < 1.29 is 32.9 Å². The van der Waals surface area contributed by atoms with Gasteiger partial charge in [-0.05, 0) is 54.6 Å². The molecular formula is C33H31F3N4O4. The Bertz CT molecular complexity index is 1810. The fourth-order valence-corrected chi connectivity index (χ4v) is 7.09. The highest BCUT2D eigenvalue weighted by Crippen LogP contribution is 2.42. The molecule has 228 valence electrons. The van der Waals surface area contributed by atoms with Gasteiger partial charge in [-0.25, -0.2) is 13.2 Å². The zero-order chi connectivity index (χ0) is 30.6. The maximum absolute atomic E-state index is 16.7. The summed E-state index contributed by atoms with van der Waals surface area (Å²) in [6.45, 7) is 2.20. The lowest BCUT2D eigenvalue weighted by Gasteiger charge is -2.34. The molecule has 0 radical (unpaired) electrons. The standard InChI is InChI=1S/C33H31F3N4O4/c1-2-23-27(35)7-4-19-12-21(42)13-26(28(19)23)24-5-6-25-30(29(24)36)37-32(38-31(25)39-10-11-43-22(16-39)17-41)44-18-33-8-3-9-40(33)15-20(34)14-33/h1,4-7,12-13,20,22,41-42H,3,8-11,14-18H2/t20?,22-,33+/m1/s1. The van der Waals surface area contributed by atoms with Gasteiger partial charge in [0.1, 0.15) is 35.7 Å². The van der Waals surface area contributed by atoms with Crippen LogP contribution in [0, 0.1) is 24.0 Å². The van der Waals surface area contributed by atoms with Gasteiger partial charge in [0, 0.05) is 42.4 Å². The third kappa shape index (κ3) is 4.78. The number of aliphatic hydroxyl groups excluding tert-OH is 1. The number of morpholine rings is 1. The second-order valence-corrected chi connectivity index (χ2v) is 11.8. The second kappa shape index (κ2) is 11.1. The van der Waals surface area contributed by atoms with E-state index < -0.39 is 29.4 Å². The quantitative estimate of drug-likeness (QED) is 0.310. The maximum Gasteiger partial charge on any atom is 0.319 e. The van der Waals surface area contributed by atoms with Crippen LogP contribution in [0.2, 0.25) is 0 Å². The van der Waals surface area contributed by atoms with Crippen LogP contribution in [0.15, 0.2) is 36.4 Å². The first-order valence-electron chi connectivity index (χ1n) is 14.7. The van der Waals surface area contributed by atoms with Gasteiger partial charge in [0.2, 0.25) is 0 Å². The monoisotopic (exact) mass is 604 g/mol. The third-order valence-electron chi connectivity index (χ3n) is 9.13. The van der Waals surface area contributed by atoms with E-state index in [-0.39, 0.29) is 52.6 Å². The number of aromatic hydroxyl groups is 1. The molecule has 2 N–H and O–H groups in total. The van der Waals surface area contributed by atoms with Crippen LogP contribution in [0.4, 0.5) is 19.0 Å². The van der Waals surface area contributed by atoms with Crippen LogP contribution in [-0.2, 0) is 4.74 Å². The fourth-order valence-electron chi connectivity index (χ4n) is 7.09. The predicted molar refractivity (Wildman–Crippen MR) is 160 cm³/mol. The SMILES string of the molecule is C#Cc1c(F)ccc2cc(O)cc(-c3ccc4c(N5CCO[C@@H](CO)C5)nc(OC[C@@]56CCCN5CC(F)C6)nc4c3F)c12. The Morgan fingerprint density at radius 1 is 1.11 bits per heavy atom. The normalized spacial score (nSPS) is 23.8. The molecule has 0 aliphatic carbocycles. The molecule has 8 nitrogen and oxygen atoms in total. The molecular weight excluding hydrogens is 573 g/mol. The molecule has 0 spiro atoms. The number of nitrogens with zero attached hydrogens (tertiary/aromatic N) is 4. The van der Waals surface area contributed by atoms with Gasteiger partial charge in [0.05, 0.1) is 30.4 Å². The number of rotatable bonds is 6. The predicted octanol–water partition coefficient (Wildman–Crippen LogP) is 4.57. The molecule has 3 aliphatic heterocycles. The van der Waals surface area contributed by atoms with Crippen LogP contribution in [0.5, 0.6) is 11.8 Å². The number of benzene rings is 3. The molecule has 1 aromatic heterocycles. The molecule has 3 saturated heterocycles. The zero-order valence-corrected chi connectivity index (χ0v) is 23.9. The number of phenols is 1. The highest BCUT2D eigenvalue weighted by molar-refractivity contribution is 6.04. The summed E-state index contributed by atoms with van der Waals surface area (Å²) in [6, 6.07) is 8.62. The summed E-state index contributed by atoms with van der Waals surface area (Å²) in [5.41, 5.74) is -0.282. The lowest BCUT2D eigenvalue weighted by Crippen LogP contribution is -2.45. The maximum atomic E-state index is 16.7. The van der Waals surface area contributed by atoms with E-state index in [1.807, 2.05) is 4.90 Å². The number of halogens is 3. The smallest absolute Gasteiger partial charge is 0.319 e. The van der Waals surface area contributed by atoms with Gasteiger partial charge in [-0.3, -0.25) is 4.90 Å². The number of alkyl halides is 1. The number of hydrogen-bond acceptors (Lipinski definition) is 8. The van der Waals surface area contributed by atoms with Gasteiger partial charge in [-0.2, -0.15) is 9.97 Å². The molecule has 0 saturated carbocycles. The van der Waals surface area contributed by atoms with E-state index in [2.05, 4.69) is 15.8 Å². The minimum atomic E-state index is -0.939. The molecule has 3 aromatic carbocycles. The second-order valence-electron chi connectivity index (χ2n) is 11.8. The molecule has 1 unspecified atom stereocenters. The first kappa shape index (κ1) is 28.6. The minimum Gasteiger partial charge on any atom is -0.508 e. The van der Waals surface area contributed by atoms with Crippen molar-refractivity contribution in [2.24, 2.45) is 0 Å². The van der Waals surface area contributed by atoms with Crippen molar-refractivity contribution in [2.45, 2.75) is 37.1 Å². The molecule has 44 heavy (non-hydrogen) atoms. The number of aromatic nitrogens is 2. The van der Waals surface area contributed by atoms with Crippen LogP contribution < -0.4 is 9.64 Å². The van der Waals surface area contributed by atoms with Crippen molar-refractivity contribution >= 4 is 27.5 Å². The average molecular weight is 605 g/mol. The summed E-state index contributed by atoms with van der Waals surface area (Å²) in [5, 5.41) is 21.4. The van der Waals surface area contributed by atoms with E-state index >= 15 is 4.39 Å². The Morgan fingerprint density at radius 2 is 1.98 bits per heavy atom. The van der Waals surface area contributed by atoms with Crippen molar-refractivity contribution in [3.63, 3.8) is 0 Å². The Hall–Kier alpha value is -4.11. The molecule has 4 heterocycles. The third-order valence-corrected chi connectivity index (χ3v) is 9.13. The van der Waals surface area contributed by atoms with E-state index in [9.17, 15) is 19.0 Å². The highest BCUT2D eigenvalue weighted by Gasteiger charge is 2.49. The highest BCUT2D eigenvalue weighted by atomic mass is 19.1. The number of hydrogen-bond donors (Lipinski definition) is 2. The van der Waals surface area contributed by atoms with Crippen LogP contribution in [0.1, 0.15) is 24.8 Å². The van der Waals surface area contributed by atoms with Crippen molar-refractivity contribution in [3.05, 3.63) is 53.6 Å². The molecule has 3 aliphatic rings. The topological polar surface area (TPSA) is 91.2 Å². The average Bonchev–Trinajstić information content (AvgIpc) is 3.55. The summed E-state index contributed by atoms with van der Waals surface area (Å²) in [7, 11) is 0. The van der Waals surface area contributed by atoms with Gasteiger partial charge in [0.25, 0.3) is 0 Å². The fraction of sp³-hybridized carbons (Fsp3) is 0.394. The lowest BCUT2D eigenvalue weighted by molar-refractivity contribution is 0.00339. The van der Waals surface area contributed by atoms with E-state index in [4.69, 9.17) is 20.9 Å². The molecule has 0 bridgehead atoms. The first-order chi connectivity index (χ1) is 21.3. The summed E-state index contributed by atoms with van der Waals surface area (Å²) < 4.78 is 57.7. The van der Waals surface area contributed by atoms with Crippen LogP contribution in [0.3, 0.4) is 0 Å². The number of phenolic OH excluding ortho intramolecular Hbond substituents is 1. The summed E-state index contributed by atoms with van der Waals surface area (Å²) in [4.78, 5) is 13.2. The van der Waals surface area contributed by atoms with Crippen LogP contribution >= 0.6 is 0 Å². The van der Waals surface area contributed by atoms with Gasteiger partial charge >= 0.3 is 6.01 Å². The Balaban J connectivity index is 1.38. The molecule has 7 rings (SSSR count). The van der Waals surface area contributed by atoms with Crippen molar-refractivity contribution in [2.75, 3.05) is 50.9 Å². The van der Waals surface area contributed by atoms with E-state index in [1.54, 1.807) is 6.07 Å². The molecule has 3 atom stereocenters. The number of fused-ring (bicyclic) bond motifs is 3. The van der Waals surface area contributed by atoms with Gasteiger partial charge in [-0.1, -0.05) is 18.1 Å². The number of anilines is 1. The van der Waals surface area contributed by atoms with E-state index in [0.717, 1.165) is 19.4 Å². The van der Waals surface area contributed by atoms with Crippen molar-refractivity contribution in [1.29, 1.82) is 0 Å². The minimum absolute atomic E-state index is 0.0414. The molecule has 11 heteroatoms. The van der Waals surface area contributed by atoms with Crippen molar-refractivity contribution in [3.8, 4) is 35.2 Å². The van der Waals surface area contributed by atoms with Crippen LogP contribution in [0.25, 0.3) is 32.8 Å².